The van der Waals surface area contributed by atoms with E-state index >= 15 is 0 Å². The van der Waals surface area contributed by atoms with E-state index in [1.807, 2.05) is 22.6 Å². The summed E-state index contributed by atoms with van der Waals surface area (Å²) in [6, 6.07) is 0. The fourth-order valence-corrected chi connectivity index (χ4v) is 2.38. The number of rotatable bonds is 4. The van der Waals surface area contributed by atoms with Crippen molar-refractivity contribution in [2.45, 2.75) is 10.2 Å². The Morgan fingerprint density at radius 2 is 1.50 bits per heavy atom. The van der Waals surface area contributed by atoms with Gasteiger partial charge in [-0.25, -0.2) is 0 Å². The van der Waals surface area contributed by atoms with Crippen LogP contribution in [0.3, 0.4) is 0 Å². The number of anilines is 3. The van der Waals surface area contributed by atoms with E-state index in [4.69, 9.17) is 28.7 Å². The minimum atomic E-state index is -0.817. The first-order valence-electron chi connectivity index (χ1n) is 4.94. The van der Waals surface area contributed by atoms with Gasteiger partial charge in [-0.3, -0.25) is 9.98 Å². The van der Waals surface area contributed by atoms with Gasteiger partial charge in [-0.05, 0) is 13.4 Å². The highest BCUT2D eigenvalue weighted by molar-refractivity contribution is 14.1. The zero-order chi connectivity index (χ0) is 14.0. The topological polar surface area (TPSA) is 155 Å². The standard InChI is InChI=1S/C10H16IN7/c1-17-8-6(13)4(10(15)16)3(9(11)18-2)5(12)7(8)14/h9-10H,1-2,12-16H2. The summed E-state index contributed by atoms with van der Waals surface area (Å²) in [5, 5.41) is 0. The average molecular weight is 361 g/mol. The highest BCUT2D eigenvalue weighted by Gasteiger charge is 2.25. The van der Waals surface area contributed by atoms with Crippen LogP contribution in [0.1, 0.15) is 21.3 Å². The highest BCUT2D eigenvalue weighted by Crippen LogP contribution is 2.46. The molecule has 0 aliphatic carbocycles. The first-order valence-corrected chi connectivity index (χ1v) is 6.19. The number of benzene rings is 1. The minimum absolute atomic E-state index is 0.243. The molecule has 1 aromatic rings. The van der Waals surface area contributed by atoms with Crippen LogP contribution in [-0.4, -0.2) is 13.4 Å². The molecule has 0 aliphatic heterocycles. The van der Waals surface area contributed by atoms with Gasteiger partial charge in [0.05, 0.1) is 23.2 Å². The SMILES string of the molecule is C=Nc1c(N)c(N)c(C(I)N=C)c(C(N)N)c1N. The van der Waals surface area contributed by atoms with Crippen LogP contribution in [0.15, 0.2) is 9.98 Å². The summed E-state index contributed by atoms with van der Waals surface area (Å²) in [4.78, 5) is 7.65. The van der Waals surface area contributed by atoms with Gasteiger partial charge in [0.25, 0.3) is 0 Å². The second-order valence-electron chi connectivity index (χ2n) is 3.62. The molecule has 18 heavy (non-hydrogen) atoms. The third-order valence-electron chi connectivity index (χ3n) is 2.56. The zero-order valence-electron chi connectivity index (χ0n) is 9.73. The maximum absolute atomic E-state index is 5.97. The van der Waals surface area contributed by atoms with Gasteiger partial charge in [-0.1, -0.05) is 22.6 Å². The Morgan fingerprint density at radius 3 is 1.89 bits per heavy atom. The lowest BCUT2D eigenvalue weighted by Gasteiger charge is -2.22. The number of hydrogen-bond acceptors (Lipinski definition) is 7. The smallest absolute Gasteiger partial charge is 0.128 e. The summed E-state index contributed by atoms with van der Waals surface area (Å²) in [6.07, 6.45) is -0.817. The molecule has 0 fully saturated rings. The highest BCUT2D eigenvalue weighted by atomic mass is 127. The van der Waals surface area contributed by atoms with Gasteiger partial charge in [0.2, 0.25) is 0 Å². The normalized spacial score (nSPS) is 12.4. The van der Waals surface area contributed by atoms with Crippen molar-refractivity contribution >= 4 is 58.8 Å². The number of aliphatic imine (C=N–C) groups is 2. The van der Waals surface area contributed by atoms with E-state index < -0.39 is 6.17 Å². The predicted molar refractivity (Wildman–Crippen MR) is 86.3 cm³/mol. The van der Waals surface area contributed by atoms with Crippen LogP contribution < -0.4 is 28.7 Å². The molecule has 0 saturated heterocycles. The van der Waals surface area contributed by atoms with E-state index in [-0.39, 0.29) is 15.4 Å². The van der Waals surface area contributed by atoms with E-state index in [0.717, 1.165) is 0 Å². The third-order valence-corrected chi connectivity index (χ3v) is 3.58. The van der Waals surface area contributed by atoms with Gasteiger partial charge < -0.3 is 28.7 Å². The lowest BCUT2D eigenvalue weighted by molar-refractivity contribution is 0.763. The van der Waals surface area contributed by atoms with Crippen LogP contribution in [0.25, 0.3) is 0 Å². The third kappa shape index (κ3) is 2.26. The van der Waals surface area contributed by atoms with Gasteiger partial charge in [0.15, 0.2) is 0 Å². The Labute approximate surface area is 119 Å². The van der Waals surface area contributed by atoms with Crippen molar-refractivity contribution in [1.82, 2.24) is 0 Å². The number of nitrogen functional groups attached to an aromatic ring is 3. The molecule has 0 saturated carbocycles. The predicted octanol–water partition coefficient (Wildman–Crippen LogP) is 0.815. The van der Waals surface area contributed by atoms with E-state index in [0.29, 0.717) is 22.5 Å². The van der Waals surface area contributed by atoms with Crippen molar-refractivity contribution < 1.29 is 0 Å². The van der Waals surface area contributed by atoms with E-state index in [2.05, 4.69) is 23.4 Å². The fraction of sp³-hybridized carbons (Fsp3) is 0.200. The molecule has 0 bridgehead atoms. The molecular weight excluding hydrogens is 345 g/mol. The number of nitrogens with zero attached hydrogens (tertiary/aromatic N) is 2. The molecule has 0 radical (unpaired) electrons. The van der Waals surface area contributed by atoms with Gasteiger partial charge in [0.1, 0.15) is 9.74 Å². The van der Waals surface area contributed by atoms with Crippen molar-refractivity contribution in [2.75, 3.05) is 17.2 Å². The molecule has 0 heterocycles. The quantitative estimate of drug-likeness (QED) is 0.134. The molecule has 1 unspecified atom stereocenters. The second-order valence-corrected chi connectivity index (χ2v) is 4.80. The molecule has 8 heteroatoms. The fourth-order valence-electron chi connectivity index (χ4n) is 1.71. The van der Waals surface area contributed by atoms with Crippen LogP contribution >= 0.6 is 22.6 Å². The monoisotopic (exact) mass is 361 g/mol. The van der Waals surface area contributed by atoms with Gasteiger partial charge >= 0.3 is 0 Å². The van der Waals surface area contributed by atoms with Crippen molar-refractivity contribution in [1.29, 1.82) is 0 Å². The molecule has 1 aromatic carbocycles. The maximum Gasteiger partial charge on any atom is 0.128 e. The van der Waals surface area contributed by atoms with Crippen LogP contribution in [0.2, 0.25) is 0 Å². The van der Waals surface area contributed by atoms with Crippen LogP contribution in [-0.2, 0) is 0 Å². The number of hydrogen-bond donors (Lipinski definition) is 5. The van der Waals surface area contributed by atoms with Crippen LogP contribution in [0, 0.1) is 0 Å². The average Bonchev–Trinajstić information content (AvgIpc) is 2.32. The molecule has 7 nitrogen and oxygen atoms in total. The summed E-state index contributed by atoms with van der Waals surface area (Å²) in [6.45, 7) is 6.87. The zero-order valence-corrected chi connectivity index (χ0v) is 11.9. The molecule has 98 valence electrons. The first kappa shape index (κ1) is 14.7. The lowest BCUT2D eigenvalue weighted by atomic mass is 9.98. The largest absolute Gasteiger partial charge is 0.397 e. The van der Waals surface area contributed by atoms with Crippen molar-refractivity contribution in [3.05, 3.63) is 11.1 Å². The number of alkyl halides is 1. The molecule has 0 aromatic heterocycles. The molecule has 0 amide bonds. The Morgan fingerprint density at radius 1 is 0.944 bits per heavy atom. The summed E-state index contributed by atoms with van der Waals surface area (Å²) < 4.78 is -0.351. The Kier molecular flexibility index (Phi) is 4.48. The Balaban J connectivity index is 3.79. The van der Waals surface area contributed by atoms with Crippen molar-refractivity contribution in [2.24, 2.45) is 21.5 Å². The Hall–Kier alpha value is -1.39. The first-order chi connectivity index (χ1) is 8.36. The summed E-state index contributed by atoms with van der Waals surface area (Å²) in [7, 11) is 0. The second kappa shape index (κ2) is 5.50. The van der Waals surface area contributed by atoms with E-state index in [1.165, 1.54) is 0 Å². The molecule has 1 atom stereocenters. The molecule has 0 spiro atoms. The van der Waals surface area contributed by atoms with Crippen LogP contribution in [0.4, 0.5) is 22.7 Å². The lowest BCUT2D eigenvalue weighted by Crippen LogP contribution is -2.24. The van der Waals surface area contributed by atoms with E-state index in [9.17, 15) is 0 Å². The van der Waals surface area contributed by atoms with Gasteiger partial charge in [-0.2, -0.15) is 0 Å². The molecule has 0 aliphatic rings. The van der Waals surface area contributed by atoms with Gasteiger partial charge in [-0.15, -0.1) is 0 Å². The van der Waals surface area contributed by atoms with Gasteiger partial charge in [0, 0.05) is 11.1 Å². The summed E-state index contributed by atoms with van der Waals surface area (Å²) in [5.41, 5.74) is 31.4. The molecule has 10 N–H and O–H groups in total. The molecular formula is C10H16IN7. The number of halogens is 1. The maximum atomic E-state index is 5.97. The van der Waals surface area contributed by atoms with E-state index in [1.54, 1.807) is 0 Å². The van der Waals surface area contributed by atoms with Crippen molar-refractivity contribution in [3.8, 4) is 0 Å². The summed E-state index contributed by atoms with van der Waals surface area (Å²) in [5.74, 6) is 0. The molecule has 1 rings (SSSR count). The summed E-state index contributed by atoms with van der Waals surface area (Å²) >= 11 is 2.04. The number of nitrogens with two attached hydrogens (primary N) is 5. The van der Waals surface area contributed by atoms with Crippen molar-refractivity contribution in [3.63, 3.8) is 0 Å². The minimum Gasteiger partial charge on any atom is -0.397 e. The Bertz CT molecular complexity index is 498. The van der Waals surface area contributed by atoms with Crippen LogP contribution in [0.5, 0.6) is 0 Å².